The Hall–Kier alpha value is -2.69. The van der Waals surface area contributed by atoms with Crippen LogP contribution < -0.4 is 5.32 Å². The molecule has 0 bridgehead atoms. The molecule has 1 fully saturated rings. The van der Waals surface area contributed by atoms with Crippen molar-refractivity contribution in [1.29, 1.82) is 0 Å². The highest BCUT2D eigenvalue weighted by atomic mass is 16.2. The molecule has 1 aliphatic heterocycles. The summed E-state index contributed by atoms with van der Waals surface area (Å²) in [7, 11) is 0. The Balaban J connectivity index is 1.48. The second-order valence-corrected chi connectivity index (χ2v) is 6.54. The third kappa shape index (κ3) is 4.66. The number of nitrogens with one attached hydrogen (secondary N) is 1. The lowest BCUT2D eigenvalue weighted by atomic mass is 10.1. The lowest BCUT2D eigenvalue weighted by Gasteiger charge is -2.17. The molecule has 1 atom stereocenters. The predicted molar refractivity (Wildman–Crippen MR) is 96.2 cm³/mol. The van der Waals surface area contributed by atoms with Crippen LogP contribution in [0.3, 0.4) is 0 Å². The van der Waals surface area contributed by atoms with Gasteiger partial charge in [0.2, 0.25) is 5.91 Å². The van der Waals surface area contributed by atoms with E-state index in [0.717, 1.165) is 18.4 Å². The van der Waals surface area contributed by atoms with Gasteiger partial charge in [0.25, 0.3) is 5.91 Å². The molecule has 3 rings (SSSR count). The van der Waals surface area contributed by atoms with E-state index in [9.17, 15) is 9.59 Å². The molecule has 2 amide bonds. The number of pyridine rings is 1. The molecule has 0 spiro atoms. The summed E-state index contributed by atoms with van der Waals surface area (Å²) in [5.41, 5.74) is 2.69. The lowest BCUT2D eigenvalue weighted by Crippen LogP contribution is -2.38. The fraction of sp³-hybridized carbons (Fsp3) is 0.350. The first-order valence-corrected chi connectivity index (χ1v) is 8.66. The SMILES string of the molecule is Cc1cncc(C(=O)N[C@H]2CCN(C(=O)CCc3ccccc3)C2)c1. The van der Waals surface area contributed by atoms with E-state index in [1.807, 2.05) is 48.2 Å². The Bertz CT molecular complexity index is 746. The molecule has 130 valence electrons. The minimum absolute atomic E-state index is 0.00804. The van der Waals surface area contributed by atoms with E-state index in [1.165, 1.54) is 5.56 Å². The van der Waals surface area contributed by atoms with Gasteiger partial charge in [0.15, 0.2) is 0 Å². The Morgan fingerprint density at radius 2 is 2.04 bits per heavy atom. The van der Waals surface area contributed by atoms with Gasteiger partial charge >= 0.3 is 0 Å². The third-order valence-corrected chi connectivity index (χ3v) is 4.48. The van der Waals surface area contributed by atoms with Crippen molar-refractivity contribution >= 4 is 11.8 Å². The molecule has 0 unspecified atom stereocenters. The number of benzene rings is 1. The number of amides is 2. The van der Waals surface area contributed by atoms with Gasteiger partial charge < -0.3 is 10.2 Å². The van der Waals surface area contributed by atoms with Gasteiger partial charge in [-0.1, -0.05) is 30.3 Å². The van der Waals surface area contributed by atoms with Crippen molar-refractivity contribution < 1.29 is 9.59 Å². The van der Waals surface area contributed by atoms with Crippen LogP contribution in [0.5, 0.6) is 0 Å². The molecular weight excluding hydrogens is 314 g/mol. The summed E-state index contributed by atoms with van der Waals surface area (Å²) >= 11 is 0. The normalized spacial score (nSPS) is 16.7. The maximum atomic E-state index is 12.4. The molecule has 0 radical (unpaired) electrons. The minimum Gasteiger partial charge on any atom is -0.347 e. The number of hydrogen-bond acceptors (Lipinski definition) is 3. The summed E-state index contributed by atoms with van der Waals surface area (Å²) in [6, 6.07) is 11.9. The number of carbonyl (C=O) groups is 2. The molecule has 2 aromatic rings. The van der Waals surface area contributed by atoms with Gasteiger partial charge in [-0.25, -0.2) is 0 Å². The molecule has 25 heavy (non-hydrogen) atoms. The summed E-state index contributed by atoms with van der Waals surface area (Å²) in [6.07, 6.45) is 5.34. The van der Waals surface area contributed by atoms with Gasteiger partial charge in [0.05, 0.1) is 5.56 Å². The van der Waals surface area contributed by atoms with Crippen molar-refractivity contribution in [3.05, 3.63) is 65.5 Å². The van der Waals surface area contributed by atoms with Gasteiger partial charge in [0, 0.05) is 37.9 Å². The Kier molecular flexibility index (Phi) is 5.43. The van der Waals surface area contributed by atoms with Gasteiger partial charge in [-0.05, 0) is 37.0 Å². The predicted octanol–water partition coefficient (Wildman–Crippen LogP) is 2.35. The van der Waals surface area contributed by atoms with E-state index in [-0.39, 0.29) is 17.9 Å². The maximum Gasteiger partial charge on any atom is 0.253 e. The molecule has 1 aromatic carbocycles. The highest BCUT2D eigenvalue weighted by Gasteiger charge is 2.27. The van der Waals surface area contributed by atoms with Crippen molar-refractivity contribution in [2.24, 2.45) is 0 Å². The summed E-state index contributed by atoms with van der Waals surface area (Å²) < 4.78 is 0. The zero-order valence-corrected chi connectivity index (χ0v) is 14.4. The van der Waals surface area contributed by atoms with Crippen LogP contribution >= 0.6 is 0 Å². The van der Waals surface area contributed by atoms with Crippen LogP contribution in [0.25, 0.3) is 0 Å². The number of carbonyl (C=O) groups excluding carboxylic acids is 2. The average molecular weight is 337 g/mol. The quantitative estimate of drug-likeness (QED) is 0.911. The van der Waals surface area contributed by atoms with Crippen LogP contribution in [0, 0.1) is 6.92 Å². The highest BCUT2D eigenvalue weighted by molar-refractivity contribution is 5.94. The lowest BCUT2D eigenvalue weighted by molar-refractivity contribution is -0.130. The van der Waals surface area contributed by atoms with Crippen molar-refractivity contribution in [3.63, 3.8) is 0 Å². The van der Waals surface area contributed by atoms with Crippen molar-refractivity contribution in [2.75, 3.05) is 13.1 Å². The first-order chi connectivity index (χ1) is 12.1. The van der Waals surface area contributed by atoms with Gasteiger partial charge in [-0.2, -0.15) is 0 Å². The molecule has 1 N–H and O–H groups in total. The van der Waals surface area contributed by atoms with Crippen LogP contribution in [-0.2, 0) is 11.2 Å². The van der Waals surface area contributed by atoms with Crippen LogP contribution in [-0.4, -0.2) is 40.8 Å². The van der Waals surface area contributed by atoms with Crippen molar-refractivity contribution in [3.8, 4) is 0 Å². The minimum atomic E-state index is -0.125. The van der Waals surface area contributed by atoms with E-state index in [2.05, 4.69) is 10.3 Å². The van der Waals surface area contributed by atoms with Gasteiger partial charge in [0.1, 0.15) is 0 Å². The molecule has 2 heterocycles. The molecule has 1 aromatic heterocycles. The smallest absolute Gasteiger partial charge is 0.253 e. The third-order valence-electron chi connectivity index (χ3n) is 4.48. The van der Waals surface area contributed by atoms with Crippen LogP contribution in [0.2, 0.25) is 0 Å². The van der Waals surface area contributed by atoms with E-state index < -0.39 is 0 Å². The summed E-state index contributed by atoms with van der Waals surface area (Å²) in [5.74, 6) is 0.0256. The Labute approximate surface area is 148 Å². The van der Waals surface area contributed by atoms with Crippen molar-refractivity contribution in [1.82, 2.24) is 15.2 Å². The standard InChI is InChI=1S/C20H23N3O2/c1-15-11-17(13-21-12-15)20(25)22-18-9-10-23(14-18)19(24)8-7-16-5-3-2-4-6-16/h2-6,11-13,18H,7-10,14H2,1H3,(H,22,25)/t18-/m0/s1. The summed E-state index contributed by atoms with van der Waals surface area (Å²) in [5, 5.41) is 3.01. The van der Waals surface area contributed by atoms with E-state index in [0.29, 0.717) is 25.1 Å². The van der Waals surface area contributed by atoms with Gasteiger partial charge in [-0.3, -0.25) is 14.6 Å². The van der Waals surface area contributed by atoms with Gasteiger partial charge in [-0.15, -0.1) is 0 Å². The van der Waals surface area contributed by atoms with Crippen LogP contribution in [0.4, 0.5) is 0 Å². The second kappa shape index (κ2) is 7.92. The zero-order chi connectivity index (χ0) is 17.6. The van der Waals surface area contributed by atoms with Crippen molar-refractivity contribution in [2.45, 2.75) is 32.2 Å². The topological polar surface area (TPSA) is 62.3 Å². The molecule has 5 nitrogen and oxygen atoms in total. The van der Waals surface area contributed by atoms with E-state index >= 15 is 0 Å². The number of aromatic nitrogens is 1. The zero-order valence-electron chi connectivity index (χ0n) is 14.4. The largest absolute Gasteiger partial charge is 0.347 e. The van der Waals surface area contributed by atoms with E-state index in [1.54, 1.807) is 12.4 Å². The number of rotatable bonds is 5. The molecule has 1 saturated heterocycles. The molecule has 1 aliphatic rings. The number of likely N-dealkylation sites (tertiary alicyclic amines) is 1. The molecular formula is C20H23N3O2. The summed E-state index contributed by atoms with van der Waals surface area (Å²) in [6.45, 7) is 3.19. The first kappa shape index (κ1) is 17.1. The summed E-state index contributed by atoms with van der Waals surface area (Å²) in [4.78, 5) is 30.6. The second-order valence-electron chi connectivity index (χ2n) is 6.54. The average Bonchev–Trinajstić information content (AvgIpc) is 3.09. The van der Waals surface area contributed by atoms with Crippen LogP contribution in [0.15, 0.2) is 48.8 Å². The fourth-order valence-electron chi connectivity index (χ4n) is 3.11. The first-order valence-electron chi connectivity index (χ1n) is 8.66. The molecule has 0 saturated carbocycles. The fourth-order valence-corrected chi connectivity index (χ4v) is 3.11. The Morgan fingerprint density at radius 1 is 1.24 bits per heavy atom. The maximum absolute atomic E-state index is 12.4. The number of aryl methyl sites for hydroxylation is 2. The number of nitrogens with zero attached hydrogens (tertiary/aromatic N) is 2. The van der Waals surface area contributed by atoms with Crippen LogP contribution in [0.1, 0.15) is 34.3 Å². The highest BCUT2D eigenvalue weighted by Crippen LogP contribution is 2.13. The molecule has 5 heteroatoms. The Morgan fingerprint density at radius 3 is 2.80 bits per heavy atom. The monoisotopic (exact) mass is 337 g/mol. The van der Waals surface area contributed by atoms with E-state index in [4.69, 9.17) is 0 Å². The number of hydrogen-bond donors (Lipinski definition) is 1. The molecule has 0 aliphatic carbocycles.